The van der Waals surface area contributed by atoms with Gasteiger partial charge in [-0.1, -0.05) is 20.3 Å². The van der Waals surface area contributed by atoms with Crippen LogP contribution in [0.15, 0.2) is 0 Å². The highest BCUT2D eigenvalue weighted by Crippen LogP contribution is 2.25. The number of carbonyl (C=O) groups excluding carboxylic acids is 1. The topological polar surface area (TPSA) is 41.1 Å². The minimum Gasteiger partial charge on any atom is -0.338 e. The first-order chi connectivity index (χ1) is 6.22. The van der Waals surface area contributed by atoms with Crippen molar-refractivity contribution in [2.45, 2.75) is 45.6 Å². The second kappa shape index (κ2) is 5.10. The van der Waals surface area contributed by atoms with Crippen LogP contribution in [-0.4, -0.2) is 18.6 Å². The third-order valence-corrected chi connectivity index (χ3v) is 2.52. The van der Waals surface area contributed by atoms with E-state index in [1.165, 1.54) is 0 Å². The Bertz CT molecular complexity index is 164. The van der Waals surface area contributed by atoms with Crippen LogP contribution in [0.2, 0.25) is 0 Å². The van der Waals surface area contributed by atoms with E-state index in [1.54, 1.807) is 0 Å². The summed E-state index contributed by atoms with van der Waals surface area (Å²) in [6.45, 7) is 5.13. The second-order valence-electron chi connectivity index (χ2n) is 4.03. The molecule has 3 heteroatoms. The lowest BCUT2D eigenvalue weighted by atomic mass is 9.82. The molecule has 1 aliphatic carbocycles. The van der Waals surface area contributed by atoms with E-state index in [0.29, 0.717) is 6.04 Å². The van der Waals surface area contributed by atoms with Crippen molar-refractivity contribution < 1.29 is 4.79 Å². The Morgan fingerprint density at radius 1 is 1.46 bits per heavy atom. The molecule has 13 heavy (non-hydrogen) atoms. The molecule has 3 nitrogen and oxygen atoms in total. The summed E-state index contributed by atoms with van der Waals surface area (Å²) < 4.78 is 0. The number of hydrogen-bond acceptors (Lipinski definition) is 1. The minimum absolute atomic E-state index is 0.00495. The van der Waals surface area contributed by atoms with Crippen molar-refractivity contribution >= 4 is 6.03 Å². The molecular weight excluding hydrogens is 164 g/mol. The summed E-state index contributed by atoms with van der Waals surface area (Å²) in [5.74, 6) is 0.793. The van der Waals surface area contributed by atoms with E-state index in [-0.39, 0.29) is 6.03 Å². The Hall–Kier alpha value is -0.730. The van der Waals surface area contributed by atoms with Crippen molar-refractivity contribution in [2.75, 3.05) is 6.54 Å². The van der Waals surface area contributed by atoms with Crippen LogP contribution in [0, 0.1) is 5.92 Å². The molecule has 0 spiro atoms. The van der Waals surface area contributed by atoms with Gasteiger partial charge in [0.05, 0.1) is 0 Å². The van der Waals surface area contributed by atoms with Gasteiger partial charge in [0.2, 0.25) is 0 Å². The molecule has 0 atom stereocenters. The number of hydrogen-bond donors (Lipinski definition) is 2. The maximum absolute atomic E-state index is 11.2. The highest BCUT2D eigenvalue weighted by molar-refractivity contribution is 5.74. The van der Waals surface area contributed by atoms with Crippen molar-refractivity contribution in [1.82, 2.24) is 10.6 Å². The van der Waals surface area contributed by atoms with Gasteiger partial charge in [-0.15, -0.1) is 0 Å². The first-order valence-corrected chi connectivity index (χ1v) is 5.26. The van der Waals surface area contributed by atoms with Crippen LogP contribution in [0.3, 0.4) is 0 Å². The molecule has 0 aliphatic heterocycles. The fraction of sp³-hybridized carbons (Fsp3) is 0.900. The summed E-state index contributed by atoms with van der Waals surface area (Å²) in [4.78, 5) is 11.2. The number of nitrogens with one attached hydrogen (secondary N) is 2. The maximum atomic E-state index is 11.2. The van der Waals surface area contributed by atoms with Gasteiger partial charge in [-0.05, 0) is 25.2 Å². The van der Waals surface area contributed by atoms with Crippen LogP contribution >= 0.6 is 0 Å². The first kappa shape index (κ1) is 10.4. The number of rotatable bonds is 4. The number of unbranched alkanes of at least 4 members (excludes halogenated alkanes) is 1. The normalized spacial score (nSPS) is 26.3. The summed E-state index contributed by atoms with van der Waals surface area (Å²) in [5, 5.41) is 5.80. The third-order valence-electron chi connectivity index (χ3n) is 2.52. The van der Waals surface area contributed by atoms with Crippen LogP contribution in [-0.2, 0) is 0 Å². The van der Waals surface area contributed by atoms with Gasteiger partial charge in [0.1, 0.15) is 0 Å². The fourth-order valence-electron chi connectivity index (χ4n) is 1.64. The molecule has 0 heterocycles. The number of carbonyl (C=O) groups is 1. The van der Waals surface area contributed by atoms with Gasteiger partial charge in [0.25, 0.3) is 0 Å². The molecule has 0 unspecified atom stereocenters. The lowest BCUT2D eigenvalue weighted by Crippen LogP contribution is -2.47. The lowest BCUT2D eigenvalue weighted by molar-refractivity contribution is 0.210. The van der Waals surface area contributed by atoms with Crippen molar-refractivity contribution in [3.63, 3.8) is 0 Å². The molecule has 1 rings (SSSR count). The molecule has 76 valence electrons. The standard InChI is InChI=1S/C10H20N2O/c1-3-4-5-11-10(13)12-9-6-8(2)7-9/h8-9H,3-7H2,1-2H3,(H2,11,12,13). The van der Waals surface area contributed by atoms with Gasteiger partial charge in [0, 0.05) is 12.6 Å². The molecule has 1 saturated carbocycles. The summed E-state index contributed by atoms with van der Waals surface area (Å²) in [5.41, 5.74) is 0. The molecule has 1 aliphatic rings. The molecule has 0 aromatic carbocycles. The maximum Gasteiger partial charge on any atom is 0.315 e. The van der Waals surface area contributed by atoms with E-state index in [4.69, 9.17) is 0 Å². The van der Waals surface area contributed by atoms with Gasteiger partial charge in [-0.2, -0.15) is 0 Å². The molecular formula is C10H20N2O. The van der Waals surface area contributed by atoms with Crippen LogP contribution in [0.25, 0.3) is 0 Å². The van der Waals surface area contributed by atoms with E-state index in [2.05, 4.69) is 24.5 Å². The van der Waals surface area contributed by atoms with E-state index >= 15 is 0 Å². The van der Waals surface area contributed by atoms with E-state index < -0.39 is 0 Å². The van der Waals surface area contributed by atoms with Crippen molar-refractivity contribution in [2.24, 2.45) is 5.92 Å². The average molecular weight is 184 g/mol. The molecule has 0 bridgehead atoms. The minimum atomic E-state index is 0.00495. The SMILES string of the molecule is CCCCNC(=O)NC1CC(C)C1. The summed E-state index contributed by atoms with van der Waals surface area (Å²) in [6.07, 6.45) is 4.47. The average Bonchev–Trinajstić information content (AvgIpc) is 2.02. The zero-order chi connectivity index (χ0) is 9.68. The van der Waals surface area contributed by atoms with Crippen molar-refractivity contribution in [3.05, 3.63) is 0 Å². The summed E-state index contributed by atoms with van der Waals surface area (Å²) in [7, 11) is 0. The largest absolute Gasteiger partial charge is 0.338 e. The molecule has 2 N–H and O–H groups in total. The zero-order valence-electron chi connectivity index (χ0n) is 8.60. The van der Waals surface area contributed by atoms with Crippen molar-refractivity contribution in [1.29, 1.82) is 0 Å². The fourth-order valence-corrected chi connectivity index (χ4v) is 1.64. The molecule has 0 saturated heterocycles. The summed E-state index contributed by atoms with van der Waals surface area (Å²) >= 11 is 0. The van der Waals surface area contributed by atoms with Gasteiger partial charge < -0.3 is 10.6 Å². The molecule has 1 fully saturated rings. The molecule has 2 amide bonds. The predicted octanol–water partition coefficient (Wildman–Crippen LogP) is 1.88. The highest BCUT2D eigenvalue weighted by atomic mass is 16.2. The van der Waals surface area contributed by atoms with E-state index in [9.17, 15) is 4.79 Å². The van der Waals surface area contributed by atoms with Crippen LogP contribution < -0.4 is 10.6 Å². The first-order valence-electron chi connectivity index (χ1n) is 5.26. The Morgan fingerprint density at radius 3 is 2.69 bits per heavy atom. The molecule has 0 aromatic heterocycles. The lowest BCUT2D eigenvalue weighted by Gasteiger charge is -2.33. The van der Waals surface area contributed by atoms with Crippen LogP contribution in [0.1, 0.15) is 39.5 Å². The molecule has 0 radical (unpaired) electrons. The van der Waals surface area contributed by atoms with Gasteiger partial charge >= 0.3 is 6.03 Å². The number of amides is 2. The quantitative estimate of drug-likeness (QED) is 0.644. The second-order valence-corrected chi connectivity index (χ2v) is 4.03. The van der Waals surface area contributed by atoms with Crippen LogP contribution in [0.4, 0.5) is 4.79 Å². The van der Waals surface area contributed by atoms with Gasteiger partial charge in [-0.3, -0.25) is 0 Å². The zero-order valence-corrected chi connectivity index (χ0v) is 8.60. The Balaban J connectivity index is 1.98. The molecule has 0 aromatic rings. The monoisotopic (exact) mass is 184 g/mol. The smallest absolute Gasteiger partial charge is 0.315 e. The van der Waals surface area contributed by atoms with Gasteiger partial charge in [0.15, 0.2) is 0 Å². The third kappa shape index (κ3) is 3.66. The Kier molecular flexibility index (Phi) is 4.06. The van der Waals surface area contributed by atoms with E-state index in [1.807, 2.05) is 0 Å². The predicted molar refractivity (Wildman–Crippen MR) is 53.6 cm³/mol. The van der Waals surface area contributed by atoms with Crippen molar-refractivity contribution in [3.8, 4) is 0 Å². The Morgan fingerprint density at radius 2 is 2.15 bits per heavy atom. The van der Waals surface area contributed by atoms with Crippen LogP contribution in [0.5, 0.6) is 0 Å². The number of urea groups is 1. The van der Waals surface area contributed by atoms with E-state index in [0.717, 1.165) is 38.1 Å². The van der Waals surface area contributed by atoms with Gasteiger partial charge in [-0.25, -0.2) is 4.79 Å². The highest BCUT2D eigenvalue weighted by Gasteiger charge is 2.26. The Labute approximate surface area is 80.3 Å². The summed E-state index contributed by atoms with van der Waals surface area (Å²) in [6, 6.07) is 0.432.